The summed E-state index contributed by atoms with van der Waals surface area (Å²) in [5.74, 6) is -1.11. The molecular formula is C18H13ClF3N3O4. The lowest BCUT2D eigenvalue weighted by Gasteiger charge is -2.32. The number of carbonyl (C=O) groups excluding carboxylic acids is 1. The minimum Gasteiger partial charge on any atom is -0.362 e. The van der Waals surface area contributed by atoms with Gasteiger partial charge in [0.15, 0.2) is 0 Å². The highest BCUT2D eigenvalue weighted by molar-refractivity contribution is 6.30. The lowest BCUT2D eigenvalue weighted by Crippen LogP contribution is -2.57. The van der Waals surface area contributed by atoms with E-state index in [1.807, 2.05) is 0 Å². The van der Waals surface area contributed by atoms with Gasteiger partial charge in [0.25, 0.3) is 11.4 Å². The summed E-state index contributed by atoms with van der Waals surface area (Å²) in [6.45, 7) is 0. The molecule has 1 unspecified atom stereocenters. The average molecular weight is 428 g/mol. The van der Waals surface area contributed by atoms with E-state index in [9.17, 15) is 33.2 Å². The molecule has 1 amide bonds. The summed E-state index contributed by atoms with van der Waals surface area (Å²) in [6.07, 6.45) is -6.63. The third-order valence-corrected chi connectivity index (χ3v) is 4.61. The molecule has 0 fully saturated rings. The smallest absolute Gasteiger partial charge is 0.362 e. The monoisotopic (exact) mass is 427 g/mol. The van der Waals surface area contributed by atoms with Crippen LogP contribution in [0.1, 0.15) is 17.5 Å². The number of amides is 1. The predicted molar refractivity (Wildman–Crippen MR) is 97.3 cm³/mol. The number of alkyl halides is 3. The Morgan fingerprint density at radius 2 is 1.79 bits per heavy atom. The molecule has 0 saturated carbocycles. The van der Waals surface area contributed by atoms with E-state index in [-0.39, 0.29) is 27.5 Å². The molecule has 1 N–H and O–H groups in total. The normalized spacial score (nSPS) is 19.2. The fourth-order valence-corrected chi connectivity index (χ4v) is 2.94. The van der Waals surface area contributed by atoms with Gasteiger partial charge in [0, 0.05) is 17.2 Å². The second kappa shape index (κ2) is 7.45. The molecule has 0 aromatic heterocycles. The second-order valence-electron chi connectivity index (χ2n) is 6.35. The van der Waals surface area contributed by atoms with Crippen molar-refractivity contribution in [1.82, 2.24) is 5.01 Å². The lowest BCUT2D eigenvalue weighted by molar-refractivity contribution is -0.384. The number of non-ortho nitro benzene ring substituents is 1. The summed E-state index contributed by atoms with van der Waals surface area (Å²) in [5, 5.41) is 25.1. The molecular weight excluding hydrogens is 415 g/mol. The van der Waals surface area contributed by atoms with Gasteiger partial charge in [-0.25, -0.2) is 0 Å². The number of aliphatic hydroxyl groups is 1. The predicted octanol–water partition coefficient (Wildman–Crippen LogP) is 3.68. The summed E-state index contributed by atoms with van der Waals surface area (Å²) >= 11 is 5.77. The van der Waals surface area contributed by atoms with Gasteiger partial charge in [-0.3, -0.25) is 14.9 Å². The topological polar surface area (TPSA) is 96.0 Å². The molecule has 1 heterocycles. The van der Waals surface area contributed by atoms with Crippen LogP contribution in [0, 0.1) is 10.1 Å². The van der Waals surface area contributed by atoms with Crippen molar-refractivity contribution in [3.63, 3.8) is 0 Å². The van der Waals surface area contributed by atoms with Crippen molar-refractivity contribution in [2.24, 2.45) is 5.10 Å². The van der Waals surface area contributed by atoms with Gasteiger partial charge < -0.3 is 5.11 Å². The molecule has 1 aliphatic heterocycles. The van der Waals surface area contributed by atoms with Crippen LogP contribution in [0.15, 0.2) is 53.6 Å². The van der Waals surface area contributed by atoms with Crippen LogP contribution < -0.4 is 0 Å². The Hall–Kier alpha value is -2.98. The number of nitro groups is 1. The first kappa shape index (κ1) is 20.7. The first-order valence-electron chi connectivity index (χ1n) is 8.20. The third-order valence-electron chi connectivity index (χ3n) is 4.36. The Labute approximate surface area is 167 Å². The van der Waals surface area contributed by atoms with E-state index in [0.29, 0.717) is 5.02 Å². The molecule has 7 nitrogen and oxygen atoms in total. The van der Waals surface area contributed by atoms with Gasteiger partial charge in [0.2, 0.25) is 5.91 Å². The SMILES string of the molecule is O=C(Cc1ccc([N+](=O)[O-])cc1)N1N=C(c2ccc(Cl)cc2)CC1(O)C(F)(F)F. The molecule has 2 aromatic carbocycles. The number of hydrogen-bond donors (Lipinski definition) is 1. The van der Waals surface area contributed by atoms with Gasteiger partial charge in [0.1, 0.15) is 0 Å². The third kappa shape index (κ3) is 4.08. The second-order valence-corrected chi connectivity index (χ2v) is 6.79. The van der Waals surface area contributed by atoms with E-state index in [0.717, 1.165) is 12.1 Å². The number of nitrogens with zero attached hydrogens (tertiary/aromatic N) is 3. The van der Waals surface area contributed by atoms with E-state index < -0.39 is 35.6 Å². The molecule has 11 heteroatoms. The zero-order chi connectivity index (χ0) is 21.4. The Balaban J connectivity index is 1.90. The number of halogens is 4. The molecule has 2 aromatic rings. The number of hydrogen-bond acceptors (Lipinski definition) is 5. The summed E-state index contributed by atoms with van der Waals surface area (Å²) in [5.41, 5.74) is -3.33. The van der Waals surface area contributed by atoms with Gasteiger partial charge in [-0.15, -0.1) is 0 Å². The average Bonchev–Trinajstić information content (AvgIpc) is 3.02. The number of nitro benzene ring substituents is 1. The van der Waals surface area contributed by atoms with Crippen LogP contribution in [-0.2, 0) is 11.2 Å². The standard InChI is InChI=1S/C18H13ClF3N3O4/c19-13-5-3-12(4-6-13)15-10-17(27,18(20,21)22)24(23-15)16(26)9-11-1-7-14(8-2-11)25(28)29/h1-8,27H,9-10H2. The van der Waals surface area contributed by atoms with Crippen LogP contribution in [0.25, 0.3) is 0 Å². The minimum absolute atomic E-state index is 0.0261. The maximum Gasteiger partial charge on any atom is 0.438 e. The first-order valence-corrected chi connectivity index (χ1v) is 8.58. The number of carbonyl (C=O) groups is 1. The van der Waals surface area contributed by atoms with E-state index in [1.165, 1.54) is 36.4 Å². The van der Waals surface area contributed by atoms with Crippen molar-refractivity contribution < 1.29 is 28.0 Å². The Morgan fingerprint density at radius 3 is 2.31 bits per heavy atom. The molecule has 152 valence electrons. The molecule has 0 saturated heterocycles. The first-order chi connectivity index (χ1) is 13.5. The molecule has 1 aliphatic rings. The molecule has 0 aliphatic carbocycles. The van der Waals surface area contributed by atoms with Gasteiger partial charge in [-0.05, 0) is 23.3 Å². The molecule has 0 spiro atoms. The van der Waals surface area contributed by atoms with E-state index in [1.54, 1.807) is 0 Å². The maximum absolute atomic E-state index is 13.6. The van der Waals surface area contributed by atoms with Crippen molar-refractivity contribution >= 4 is 28.9 Å². The highest BCUT2D eigenvalue weighted by atomic mass is 35.5. The lowest BCUT2D eigenvalue weighted by atomic mass is 10.0. The van der Waals surface area contributed by atoms with Gasteiger partial charge in [0.05, 0.1) is 23.5 Å². The number of hydrazone groups is 1. The summed E-state index contributed by atoms with van der Waals surface area (Å²) in [7, 11) is 0. The summed E-state index contributed by atoms with van der Waals surface area (Å²) in [6, 6.07) is 10.5. The zero-order valence-electron chi connectivity index (χ0n) is 14.6. The fourth-order valence-electron chi connectivity index (χ4n) is 2.82. The number of benzene rings is 2. The maximum atomic E-state index is 13.6. The highest BCUT2D eigenvalue weighted by Gasteiger charge is 2.63. The number of rotatable bonds is 4. The van der Waals surface area contributed by atoms with Crippen molar-refractivity contribution in [3.05, 3.63) is 74.8 Å². The molecule has 29 heavy (non-hydrogen) atoms. The van der Waals surface area contributed by atoms with Gasteiger partial charge in [-0.1, -0.05) is 35.9 Å². The van der Waals surface area contributed by atoms with Crippen molar-refractivity contribution in [2.75, 3.05) is 0 Å². The van der Waals surface area contributed by atoms with Crippen LogP contribution in [0.5, 0.6) is 0 Å². The van der Waals surface area contributed by atoms with Crippen LogP contribution in [0.3, 0.4) is 0 Å². The van der Waals surface area contributed by atoms with Crippen LogP contribution >= 0.6 is 11.6 Å². The Bertz CT molecular complexity index is 977. The molecule has 0 radical (unpaired) electrons. The van der Waals surface area contributed by atoms with E-state index in [2.05, 4.69) is 5.10 Å². The largest absolute Gasteiger partial charge is 0.438 e. The van der Waals surface area contributed by atoms with Crippen LogP contribution in [0.4, 0.5) is 18.9 Å². The van der Waals surface area contributed by atoms with Gasteiger partial charge in [-0.2, -0.15) is 23.3 Å². The minimum atomic E-state index is -5.16. The summed E-state index contributed by atoms with van der Waals surface area (Å²) in [4.78, 5) is 22.6. The molecule has 0 bridgehead atoms. The van der Waals surface area contributed by atoms with Crippen molar-refractivity contribution in [1.29, 1.82) is 0 Å². The van der Waals surface area contributed by atoms with Crippen LogP contribution in [0.2, 0.25) is 5.02 Å². The van der Waals surface area contributed by atoms with Crippen molar-refractivity contribution in [3.8, 4) is 0 Å². The fraction of sp³-hybridized carbons (Fsp3) is 0.222. The van der Waals surface area contributed by atoms with Gasteiger partial charge >= 0.3 is 6.18 Å². The summed E-state index contributed by atoms with van der Waals surface area (Å²) < 4.78 is 40.7. The van der Waals surface area contributed by atoms with E-state index in [4.69, 9.17) is 11.6 Å². The Morgan fingerprint density at radius 1 is 1.21 bits per heavy atom. The Kier molecular flexibility index (Phi) is 5.33. The zero-order valence-corrected chi connectivity index (χ0v) is 15.3. The van der Waals surface area contributed by atoms with E-state index >= 15 is 0 Å². The molecule has 1 atom stereocenters. The van der Waals surface area contributed by atoms with Crippen molar-refractivity contribution in [2.45, 2.75) is 24.7 Å². The molecule has 3 rings (SSSR count). The van der Waals surface area contributed by atoms with Crippen LogP contribution in [-0.4, -0.2) is 38.6 Å². The quantitative estimate of drug-likeness (QED) is 0.594. The highest BCUT2D eigenvalue weighted by Crippen LogP contribution is 2.41.